The van der Waals surface area contributed by atoms with Crippen molar-refractivity contribution in [2.24, 2.45) is 0 Å². The van der Waals surface area contributed by atoms with Gasteiger partial charge in [-0.25, -0.2) is 4.98 Å². The lowest BCUT2D eigenvalue weighted by Crippen LogP contribution is -2.45. The fraction of sp³-hybridized carbons (Fsp3) is 0.550. The van der Waals surface area contributed by atoms with Crippen LogP contribution < -0.4 is 16.0 Å². The minimum atomic E-state index is -0.391. The summed E-state index contributed by atoms with van der Waals surface area (Å²) in [6.07, 6.45) is 5.60. The van der Waals surface area contributed by atoms with E-state index in [2.05, 4.69) is 19.9 Å². The second kappa shape index (κ2) is 7.35. The van der Waals surface area contributed by atoms with Crippen LogP contribution in [0.3, 0.4) is 0 Å². The maximum atomic E-state index is 12.7. The second-order valence-electron chi connectivity index (χ2n) is 8.20. The fourth-order valence-corrected chi connectivity index (χ4v) is 4.84. The first kappa shape index (κ1) is 19.0. The number of carbonyl (C=O) groups excluding carboxylic acids is 1. The molecule has 2 saturated heterocycles. The van der Waals surface area contributed by atoms with Crippen LogP contribution in [0.25, 0.3) is 0 Å². The van der Waals surface area contributed by atoms with Crippen molar-refractivity contribution in [3.63, 3.8) is 0 Å². The van der Waals surface area contributed by atoms with Crippen LogP contribution >= 0.6 is 0 Å². The normalized spacial score (nSPS) is 20.4. The van der Waals surface area contributed by atoms with E-state index < -0.39 is 5.56 Å². The Hall–Kier alpha value is -3.01. The number of aromatic amines is 2. The van der Waals surface area contributed by atoms with Crippen molar-refractivity contribution in [2.75, 3.05) is 44.3 Å². The zero-order valence-electron chi connectivity index (χ0n) is 16.6. The van der Waals surface area contributed by atoms with Gasteiger partial charge in [0.1, 0.15) is 5.69 Å². The molecular weight excluding hydrogens is 388 g/mol. The fourth-order valence-electron chi connectivity index (χ4n) is 4.84. The number of amides is 1. The Labute approximate surface area is 172 Å². The molecule has 0 aromatic carbocycles. The minimum Gasteiger partial charge on any atom is -0.378 e. The molecule has 0 saturated carbocycles. The number of morpholine rings is 1. The summed E-state index contributed by atoms with van der Waals surface area (Å²) >= 11 is 0. The molecule has 2 fully saturated rings. The highest BCUT2D eigenvalue weighted by Gasteiger charge is 2.45. The highest BCUT2D eigenvalue weighted by Crippen LogP contribution is 2.44. The third-order valence-electron chi connectivity index (χ3n) is 6.56. The lowest BCUT2D eigenvalue weighted by molar-refractivity contribution is 0.0656. The standard InChI is InChI=1S/C20H24N6O4/c27-15-12-21-11-14(22-15)18(29)25-5-3-20(4-6-25)2-1-13-16(20)23-19(24-17(13)28)26-7-9-30-10-8-26/h11-12H,1-10H2,(H,22,27)(H,23,24,28). The highest BCUT2D eigenvalue weighted by molar-refractivity contribution is 5.92. The number of hydrogen-bond donors (Lipinski definition) is 2. The summed E-state index contributed by atoms with van der Waals surface area (Å²) in [5.41, 5.74) is 1.26. The van der Waals surface area contributed by atoms with E-state index in [9.17, 15) is 14.4 Å². The van der Waals surface area contributed by atoms with Crippen molar-refractivity contribution in [2.45, 2.75) is 31.1 Å². The number of fused-ring (bicyclic) bond motifs is 2. The summed E-state index contributed by atoms with van der Waals surface area (Å²) in [6, 6.07) is 0. The largest absolute Gasteiger partial charge is 0.378 e. The molecule has 1 aliphatic carbocycles. The van der Waals surface area contributed by atoms with Gasteiger partial charge in [-0.05, 0) is 25.7 Å². The average molecular weight is 412 g/mol. The maximum absolute atomic E-state index is 12.7. The van der Waals surface area contributed by atoms with Crippen LogP contribution in [0.2, 0.25) is 0 Å². The van der Waals surface area contributed by atoms with Crippen molar-refractivity contribution >= 4 is 11.9 Å². The number of nitrogens with zero attached hydrogens (tertiary/aromatic N) is 4. The number of carbonyl (C=O) groups is 1. The van der Waals surface area contributed by atoms with E-state index in [0.717, 1.165) is 36.7 Å². The third-order valence-corrected chi connectivity index (χ3v) is 6.56. The van der Waals surface area contributed by atoms with Gasteiger partial charge in [-0.1, -0.05) is 0 Å². The van der Waals surface area contributed by atoms with Crippen molar-refractivity contribution in [3.8, 4) is 0 Å². The van der Waals surface area contributed by atoms with Crippen LogP contribution in [0.5, 0.6) is 0 Å². The molecule has 2 N–H and O–H groups in total. The van der Waals surface area contributed by atoms with E-state index >= 15 is 0 Å². The number of likely N-dealkylation sites (tertiary alicyclic amines) is 1. The van der Waals surface area contributed by atoms with Gasteiger partial charge in [0.2, 0.25) is 5.95 Å². The molecule has 1 spiro atoms. The van der Waals surface area contributed by atoms with Crippen molar-refractivity contribution in [3.05, 3.63) is 50.1 Å². The van der Waals surface area contributed by atoms with Gasteiger partial charge in [-0.3, -0.25) is 24.4 Å². The molecule has 1 amide bonds. The Bertz CT molecular complexity index is 1080. The van der Waals surface area contributed by atoms with Gasteiger partial charge in [-0.2, -0.15) is 0 Å². The number of anilines is 1. The topological polar surface area (TPSA) is 124 Å². The molecule has 0 atom stereocenters. The van der Waals surface area contributed by atoms with Crippen LogP contribution in [0.15, 0.2) is 22.0 Å². The van der Waals surface area contributed by atoms with E-state index in [1.54, 1.807) is 4.90 Å². The molecular formula is C20H24N6O4. The monoisotopic (exact) mass is 412 g/mol. The molecule has 2 aromatic heterocycles. The lowest BCUT2D eigenvalue weighted by Gasteiger charge is -2.39. The summed E-state index contributed by atoms with van der Waals surface area (Å²) in [7, 11) is 0. The van der Waals surface area contributed by atoms with Crippen LogP contribution in [0.4, 0.5) is 5.95 Å². The lowest BCUT2D eigenvalue weighted by atomic mass is 9.76. The summed E-state index contributed by atoms with van der Waals surface area (Å²) in [5.74, 6) is 0.399. The van der Waals surface area contributed by atoms with Crippen molar-refractivity contribution in [1.82, 2.24) is 24.8 Å². The number of H-pyrrole nitrogens is 2. The molecule has 30 heavy (non-hydrogen) atoms. The van der Waals surface area contributed by atoms with E-state index in [-0.39, 0.29) is 22.6 Å². The first-order chi connectivity index (χ1) is 14.6. The number of aromatic nitrogens is 4. The van der Waals surface area contributed by atoms with E-state index in [1.807, 2.05) is 0 Å². The zero-order chi connectivity index (χ0) is 20.7. The molecule has 0 unspecified atom stereocenters. The molecule has 2 aromatic rings. The predicted octanol–water partition coefficient (Wildman–Crippen LogP) is -0.190. The van der Waals surface area contributed by atoms with Crippen LogP contribution in [0.1, 0.15) is 41.0 Å². The predicted molar refractivity (Wildman–Crippen MR) is 108 cm³/mol. The van der Waals surface area contributed by atoms with Crippen molar-refractivity contribution in [1.29, 1.82) is 0 Å². The van der Waals surface area contributed by atoms with Crippen LogP contribution in [-0.4, -0.2) is 70.1 Å². The van der Waals surface area contributed by atoms with E-state index in [1.165, 1.54) is 6.20 Å². The van der Waals surface area contributed by atoms with Gasteiger partial charge in [0.15, 0.2) is 0 Å². The maximum Gasteiger partial charge on any atom is 0.271 e. The molecule has 0 bridgehead atoms. The van der Waals surface area contributed by atoms with E-state index in [0.29, 0.717) is 51.8 Å². The number of nitrogens with one attached hydrogen (secondary N) is 2. The molecule has 0 radical (unpaired) electrons. The molecule has 3 aliphatic rings. The Balaban J connectivity index is 1.38. The average Bonchev–Trinajstić information content (AvgIpc) is 3.13. The number of ether oxygens (including phenoxy) is 1. The molecule has 158 valence electrons. The van der Waals surface area contributed by atoms with Crippen LogP contribution in [-0.2, 0) is 16.6 Å². The van der Waals surface area contributed by atoms with Gasteiger partial charge in [0.25, 0.3) is 17.0 Å². The Morgan fingerprint density at radius 1 is 1.03 bits per heavy atom. The van der Waals surface area contributed by atoms with Crippen molar-refractivity contribution < 1.29 is 9.53 Å². The molecule has 10 nitrogen and oxygen atoms in total. The summed E-state index contributed by atoms with van der Waals surface area (Å²) in [4.78, 5) is 55.0. The van der Waals surface area contributed by atoms with Gasteiger partial charge >= 0.3 is 0 Å². The second-order valence-corrected chi connectivity index (χ2v) is 8.20. The molecule has 5 rings (SSSR count). The minimum absolute atomic E-state index is 0.0511. The Morgan fingerprint density at radius 2 is 1.80 bits per heavy atom. The quantitative estimate of drug-likeness (QED) is 0.701. The first-order valence-electron chi connectivity index (χ1n) is 10.4. The number of hydrogen-bond acceptors (Lipinski definition) is 7. The molecule has 10 heteroatoms. The number of piperidine rings is 1. The summed E-state index contributed by atoms with van der Waals surface area (Å²) in [5, 5.41) is 0. The molecule has 4 heterocycles. The Morgan fingerprint density at radius 3 is 2.53 bits per heavy atom. The highest BCUT2D eigenvalue weighted by atomic mass is 16.5. The van der Waals surface area contributed by atoms with Crippen LogP contribution in [0, 0.1) is 0 Å². The number of rotatable bonds is 2. The zero-order valence-corrected chi connectivity index (χ0v) is 16.6. The SMILES string of the molecule is O=C(c1cncc(=O)[nH]1)N1CCC2(CCc3c2nc(N2CCOCC2)[nH]c3=O)CC1. The molecule has 2 aliphatic heterocycles. The van der Waals surface area contributed by atoms with Gasteiger partial charge in [-0.15, -0.1) is 0 Å². The smallest absolute Gasteiger partial charge is 0.271 e. The van der Waals surface area contributed by atoms with E-state index in [4.69, 9.17) is 9.72 Å². The Kier molecular flexibility index (Phi) is 4.65. The summed E-state index contributed by atoms with van der Waals surface area (Å²) < 4.78 is 5.41. The first-order valence-corrected chi connectivity index (χ1v) is 10.4. The van der Waals surface area contributed by atoms with Gasteiger partial charge < -0.3 is 19.5 Å². The summed E-state index contributed by atoms with van der Waals surface area (Å²) in [6.45, 7) is 3.77. The van der Waals surface area contributed by atoms with Gasteiger partial charge in [0, 0.05) is 37.2 Å². The third kappa shape index (κ3) is 3.20. The van der Waals surface area contributed by atoms with Gasteiger partial charge in [0.05, 0.1) is 31.3 Å².